The molecule has 0 radical (unpaired) electrons. The lowest BCUT2D eigenvalue weighted by Crippen LogP contribution is -2.09. The van der Waals surface area contributed by atoms with E-state index in [1.807, 2.05) is 0 Å². The minimum absolute atomic E-state index is 0.00185. The van der Waals surface area contributed by atoms with Gasteiger partial charge in [0.05, 0.1) is 11.1 Å². The Morgan fingerprint density at radius 1 is 1.41 bits per heavy atom. The number of pyridine rings is 1. The molecular weight excluding hydrogens is 248 g/mol. The summed E-state index contributed by atoms with van der Waals surface area (Å²) in [5.41, 5.74) is 5.81. The first kappa shape index (κ1) is 11.7. The number of nitrogens with zero attached hydrogens (tertiary/aromatic N) is 2. The Balaban J connectivity index is 2.91. The van der Waals surface area contributed by atoms with Crippen LogP contribution in [0.5, 0.6) is 0 Å². The van der Waals surface area contributed by atoms with Crippen LogP contribution in [0.2, 0.25) is 5.02 Å². The molecule has 1 unspecified atom stereocenters. The molecule has 6 heteroatoms. The van der Waals surface area contributed by atoms with E-state index in [4.69, 9.17) is 22.6 Å². The Morgan fingerprint density at radius 3 is 2.76 bits per heavy atom. The van der Waals surface area contributed by atoms with Crippen molar-refractivity contribution in [1.29, 1.82) is 5.26 Å². The normalized spacial score (nSPS) is 12.4. The Kier molecular flexibility index (Phi) is 2.92. The van der Waals surface area contributed by atoms with Crippen LogP contribution >= 0.6 is 11.6 Å². The molecule has 2 rings (SSSR count). The monoisotopic (exact) mass is 253 g/mol. The van der Waals surface area contributed by atoms with Gasteiger partial charge in [0.15, 0.2) is 11.6 Å². The summed E-state index contributed by atoms with van der Waals surface area (Å²) in [5.74, 6) is -2.11. The van der Waals surface area contributed by atoms with Crippen LogP contribution in [-0.4, -0.2) is 4.98 Å². The van der Waals surface area contributed by atoms with Gasteiger partial charge in [0.25, 0.3) is 0 Å². The van der Waals surface area contributed by atoms with Gasteiger partial charge >= 0.3 is 0 Å². The molecule has 3 nitrogen and oxygen atoms in total. The van der Waals surface area contributed by atoms with Crippen molar-refractivity contribution < 1.29 is 8.78 Å². The topological polar surface area (TPSA) is 62.7 Å². The Morgan fingerprint density at radius 2 is 2.12 bits per heavy atom. The molecule has 1 aromatic heterocycles. The van der Waals surface area contributed by atoms with Gasteiger partial charge in [-0.1, -0.05) is 11.6 Å². The minimum atomic E-state index is -1.06. The summed E-state index contributed by atoms with van der Waals surface area (Å²) in [4.78, 5) is 3.73. The highest BCUT2D eigenvalue weighted by Gasteiger charge is 2.17. The molecule has 86 valence electrons. The number of hydrogen-bond donors (Lipinski definition) is 1. The number of nitrogens with two attached hydrogens (primary N) is 1. The van der Waals surface area contributed by atoms with Gasteiger partial charge in [-0.05, 0) is 6.07 Å². The molecule has 0 aliphatic carbocycles. The van der Waals surface area contributed by atoms with Gasteiger partial charge in [-0.3, -0.25) is 4.98 Å². The van der Waals surface area contributed by atoms with Crippen LogP contribution in [-0.2, 0) is 0 Å². The molecule has 0 fully saturated rings. The first-order chi connectivity index (χ1) is 8.06. The lowest BCUT2D eigenvalue weighted by atomic mass is 10.0. The Hall–Kier alpha value is -1.77. The van der Waals surface area contributed by atoms with Crippen LogP contribution in [0.25, 0.3) is 10.8 Å². The van der Waals surface area contributed by atoms with Crippen LogP contribution in [0.1, 0.15) is 11.6 Å². The molecule has 1 aromatic carbocycles. The molecule has 0 spiro atoms. The van der Waals surface area contributed by atoms with Crippen LogP contribution in [0.4, 0.5) is 8.78 Å². The van der Waals surface area contributed by atoms with Crippen LogP contribution in [0.3, 0.4) is 0 Å². The number of aromatic nitrogens is 1. The van der Waals surface area contributed by atoms with Crippen molar-refractivity contribution in [2.75, 3.05) is 0 Å². The van der Waals surface area contributed by atoms with E-state index in [0.29, 0.717) is 0 Å². The minimum Gasteiger partial charge on any atom is -0.312 e. The molecule has 0 aliphatic heterocycles. The molecule has 2 aromatic rings. The number of hydrogen-bond acceptors (Lipinski definition) is 3. The summed E-state index contributed by atoms with van der Waals surface area (Å²) in [6, 6.07) is 1.66. The van der Waals surface area contributed by atoms with Gasteiger partial charge in [-0.15, -0.1) is 0 Å². The zero-order chi connectivity index (χ0) is 12.6. The molecule has 0 bridgehead atoms. The third kappa shape index (κ3) is 1.82. The van der Waals surface area contributed by atoms with Crippen LogP contribution in [0.15, 0.2) is 18.5 Å². The van der Waals surface area contributed by atoms with E-state index in [9.17, 15) is 8.78 Å². The van der Waals surface area contributed by atoms with Crippen molar-refractivity contribution in [3.05, 3.63) is 40.7 Å². The predicted molar refractivity (Wildman–Crippen MR) is 59.2 cm³/mol. The molecule has 17 heavy (non-hydrogen) atoms. The third-order valence-electron chi connectivity index (χ3n) is 2.39. The van der Waals surface area contributed by atoms with Gasteiger partial charge in [-0.2, -0.15) is 5.26 Å². The molecular formula is C11H6ClF2N3. The fraction of sp³-hybridized carbons (Fsp3) is 0.0909. The lowest BCUT2D eigenvalue weighted by molar-refractivity contribution is 0.517. The Labute approximate surface area is 100 Å². The molecule has 2 N–H and O–H groups in total. The molecule has 0 saturated carbocycles. The van der Waals surface area contributed by atoms with E-state index < -0.39 is 17.7 Å². The summed E-state index contributed by atoms with van der Waals surface area (Å²) in [5, 5.41) is 8.88. The van der Waals surface area contributed by atoms with E-state index in [1.165, 1.54) is 6.20 Å². The zero-order valence-corrected chi connectivity index (χ0v) is 9.17. The maximum Gasteiger partial charge on any atom is 0.168 e. The highest BCUT2D eigenvalue weighted by molar-refractivity contribution is 6.35. The van der Waals surface area contributed by atoms with E-state index in [-0.39, 0.29) is 21.4 Å². The standard InChI is InChI=1S/C11H6ClF2N3/c12-7-1-8(13)11(14)6-4-17-3-5(10(6)7)9(16)2-15/h1,3-4,9H,16H2. The summed E-state index contributed by atoms with van der Waals surface area (Å²) >= 11 is 5.84. The molecule has 1 heterocycles. The highest BCUT2D eigenvalue weighted by atomic mass is 35.5. The summed E-state index contributed by atoms with van der Waals surface area (Å²) in [7, 11) is 0. The molecule has 0 saturated heterocycles. The number of nitriles is 1. The number of fused-ring (bicyclic) bond motifs is 1. The summed E-state index contributed by atoms with van der Waals surface area (Å²) in [6.07, 6.45) is 2.46. The number of benzene rings is 1. The molecule has 0 amide bonds. The van der Waals surface area contributed by atoms with Crippen molar-refractivity contribution in [1.82, 2.24) is 4.98 Å². The highest BCUT2D eigenvalue weighted by Crippen LogP contribution is 2.32. The van der Waals surface area contributed by atoms with Gasteiger partial charge in [0.2, 0.25) is 0 Å². The smallest absolute Gasteiger partial charge is 0.168 e. The van der Waals surface area contributed by atoms with Crippen molar-refractivity contribution in [2.45, 2.75) is 6.04 Å². The Bertz CT molecular complexity index is 637. The van der Waals surface area contributed by atoms with Gasteiger partial charge in [-0.25, -0.2) is 8.78 Å². The largest absolute Gasteiger partial charge is 0.312 e. The average molecular weight is 254 g/mol. The number of halogens is 3. The number of rotatable bonds is 1. The third-order valence-corrected chi connectivity index (χ3v) is 2.69. The van der Waals surface area contributed by atoms with Crippen LogP contribution in [0, 0.1) is 23.0 Å². The molecule has 1 atom stereocenters. The zero-order valence-electron chi connectivity index (χ0n) is 8.42. The fourth-order valence-electron chi connectivity index (χ4n) is 1.59. The van der Waals surface area contributed by atoms with Crippen LogP contribution < -0.4 is 5.73 Å². The van der Waals surface area contributed by atoms with Crippen molar-refractivity contribution in [2.24, 2.45) is 5.73 Å². The van der Waals surface area contributed by atoms with Gasteiger partial charge in [0.1, 0.15) is 6.04 Å². The fourth-order valence-corrected chi connectivity index (χ4v) is 1.90. The molecule has 0 aliphatic rings. The van der Waals surface area contributed by atoms with E-state index in [2.05, 4.69) is 4.98 Å². The predicted octanol–water partition coefficient (Wildman–Crippen LogP) is 2.69. The first-order valence-corrected chi connectivity index (χ1v) is 5.00. The first-order valence-electron chi connectivity index (χ1n) is 4.62. The second kappa shape index (κ2) is 4.24. The summed E-state index contributed by atoms with van der Waals surface area (Å²) < 4.78 is 26.7. The van der Waals surface area contributed by atoms with Crippen molar-refractivity contribution in [3.8, 4) is 6.07 Å². The van der Waals surface area contributed by atoms with Crippen molar-refractivity contribution in [3.63, 3.8) is 0 Å². The van der Waals surface area contributed by atoms with E-state index >= 15 is 0 Å². The second-order valence-electron chi connectivity index (χ2n) is 3.41. The van der Waals surface area contributed by atoms with Crippen molar-refractivity contribution >= 4 is 22.4 Å². The second-order valence-corrected chi connectivity index (χ2v) is 3.82. The average Bonchev–Trinajstić information content (AvgIpc) is 2.34. The quantitative estimate of drug-likeness (QED) is 0.795. The van der Waals surface area contributed by atoms with E-state index in [1.54, 1.807) is 6.07 Å². The maximum atomic E-state index is 13.5. The lowest BCUT2D eigenvalue weighted by Gasteiger charge is -2.10. The summed E-state index contributed by atoms with van der Waals surface area (Å²) in [6.45, 7) is 0. The SMILES string of the molecule is N#CC(N)c1cncc2c(F)c(F)cc(Cl)c12. The van der Waals surface area contributed by atoms with Gasteiger partial charge < -0.3 is 5.73 Å². The maximum absolute atomic E-state index is 13.5. The van der Waals surface area contributed by atoms with E-state index in [0.717, 1.165) is 12.3 Å². The van der Waals surface area contributed by atoms with Gasteiger partial charge in [0, 0.05) is 28.7 Å².